The highest BCUT2D eigenvalue weighted by Crippen LogP contribution is 2.18. The van der Waals surface area contributed by atoms with Crippen LogP contribution < -0.4 is 4.74 Å². The van der Waals surface area contributed by atoms with Crippen LogP contribution in [0.2, 0.25) is 0 Å². The topological polar surface area (TPSA) is 53.3 Å². The van der Waals surface area contributed by atoms with Gasteiger partial charge in [-0.1, -0.05) is 42.5 Å². The summed E-state index contributed by atoms with van der Waals surface area (Å²) in [5, 5.41) is 9.05. The summed E-state index contributed by atoms with van der Waals surface area (Å²) in [5.74, 6) is 0.301. The van der Waals surface area contributed by atoms with E-state index in [1.807, 2.05) is 30.3 Å². The van der Waals surface area contributed by atoms with Crippen LogP contribution in [0, 0.1) is 11.3 Å². The van der Waals surface area contributed by atoms with Crippen LogP contribution in [0.4, 0.5) is 0 Å². The Bertz CT molecular complexity index is 677. The Morgan fingerprint density at radius 1 is 1.18 bits per heavy atom. The molecule has 2 aromatic carbocycles. The minimum absolute atomic E-state index is 0.128. The van der Waals surface area contributed by atoms with Gasteiger partial charge in [0.05, 0.1) is 5.56 Å². The maximum absolute atomic E-state index is 12.4. The van der Waals surface area contributed by atoms with Crippen LogP contribution in [-0.2, 0) is 11.3 Å². The Labute approximate surface area is 130 Å². The van der Waals surface area contributed by atoms with Gasteiger partial charge in [-0.05, 0) is 24.6 Å². The molecular formula is C18H18N2O2. The predicted octanol–water partition coefficient (Wildman–Crippen LogP) is 2.98. The zero-order valence-corrected chi connectivity index (χ0v) is 12.7. The second kappa shape index (κ2) is 7.28. The molecule has 0 N–H and O–H groups in total. The van der Waals surface area contributed by atoms with E-state index in [2.05, 4.69) is 6.07 Å². The summed E-state index contributed by atoms with van der Waals surface area (Å²) >= 11 is 0. The van der Waals surface area contributed by atoms with Gasteiger partial charge in [0, 0.05) is 13.6 Å². The van der Waals surface area contributed by atoms with Crippen molar-refractivity contribution >= 4 is 5.91 Å². The Balaban J connectivity index is 2.01. The third-order valence-corrected chi connectivity index (χ3v) is 3.30. The fraction of sp³-hybridized carbons (Fsp3) is 0.222. The molecule has 4 heteroatoms. The molecule has 0 unspecified atom stereocenters. The van der Waals surface area contributed by atoms with E-state index in [9.17, 15) is 4.79 Å². The van der Waals surface area contributed by atoms with Crippen molar-refractivity contribution in [3.63, 3.8) is 0 Å². The van der Waals surface area contributed by atoms with Gasteiger partial charge in [0.1, 0.15) is 11.8 Å². The van der Waals surface area contributed by atoms with Gasteiger partial charge in [0.2, 0.25) is 0 Å². The largest absolute Gasteiger partial charge is 0.480 e. The lowest BCUT2D eigenvalue weighted by Crippen LogP contribution is -2.37. The third-order valence-electron chi connectivity index (χ3n) is 3.30. The SMILES string of the molecule is C[C@H](Oc1ccccc1C#N)C(=O)N(C)Cc1ccccc1. The number of hydrogen-bond donors (Lipinski definition) is 0. The number of benzene rings is 2. The lowest BCUT2D eigenvalue weighted by molar-refractivity contribution is -0.137. The number of likely N-dealkylation sites (N-methyl/N-ethyl adjacent to an activating group) is 1. The number of nitriles is 1. The van der Waals surface area contributed by atoms with Crippen LogP contribution in [0.3, 0.4) is 0 Å². The first-order valence-electron chi connectivity index (χ1n) is 7.06. The molecule has 1 amide bonds. The molecule has 2 aromatic rings. The maximum atomic E-state index is 12.4. The molecule has 1 atom stereocenters. The van der Waals surface area contributed by atoms with Crippen LogP contribution in [0.15, 0.2) is 54.6 Å². The number of carbonyl (C=O) groups excluding carboxylic acids is 1. The van der Waals surface area contributed by atoms with E-state index < -0.39 is 6.10 Å². The molecule has 22 heavy (non-hydrogen) atoms. The quantitative estimate of drug-likeness (QED) is 0.852. The zero-order chi connectivity index (χ0) is 15.9. The lowest BCUT2D eigenvalue weighted by atomic mass is 10.2. The highest BCUT2D eigenvalue weighted by molar-refractivity contribution is 5.80. The molecule has 0 saturated heterocycles. The van der Waals surface area contributed by atoms with E-state index >= 15 is 0 Å². The highest BCUT2D eigenvalue weighted by Gasteiger charge is 2.20. The van der Waals surface area contributed by atoms with Crippen molar-refractivity contribution in [2.75, 3.05) is 7.05 Å². The summed E-state index contributed by atoms with van der Waals surface area (Å²) in [4.78, 5) is 14.0. The molecular weight excluding hydrogens is 276 g/mol. The molecule has 0 spiro atoms. The number of para-hydroxylation sites is 1. The van der Waals surface area contributed by atoms with Gasteiger partial charge in [-0.25, -0.2) is 0 Å². The number of hydrogen-bond acceptors (Lipinski definition) is 3. The number of nitrogens with zero attached hydrogens (tertiary/aromatic N) is 2. The number of ether oxygens (including phenoxy) is 1. The van der Waals surface area contributed by atoms with Crippen LogP contribution in [0.25, 0.3) is 0 Å². The van der Waals surface area contributed by atoms with Crippen molar-refractivity contribution in [2.45, 2.75) is 19.6 Å². The van der Waals surface area contributed by atoms with Gasteiger partial charge >= 0.3 is 0 Å². The molecule has 0 bridgehead atoms. The minimum Gasteiger partial charge on any atom is -0.480 e. The van der Waals surface area contributed by atoms with Gasteiger partial charge in [-0.2, -0.15) is 5.26 Å². The molecule has 0 fully saturated rings. The molecule has 0 radical (unpaired) electrons. The predicted molar refractivity (Wildman–Crippen MR) is 84.2 cm³/mol. The summed E-state index contributed by atoms with van der Waals surface area (Å²) in [6.45, 7) is 2.21. The van der Waals surface area contributed by atoms with Gasteiger partial charge in [-0.15, -0.1) is 0 Å². The first-order chi connectivity index (χ1) is 10.6. The van der Waals surface area contributed by atoms with Crippen LogP contribution >= 0.6 is 0 Å². The minimum atomic E-state index is -0.650. The van der Waals surface area contributed by atoms with Crippen molar-refractivity contribution in [3.8, 4) is 11.8 Å². The first-order valence-corrected chi connectivity index (χ1v) is 7.06. The fourth-order valence-corrected chi connectivity index (χ4v) is 2.15. The molecule has 112 valence electrons. The molecule has 0 aliphatic rings. The normalized spacial score (nSPS) is 11.3. The van der Waals surface area contributed by atoms with Crippen LogP contribution in [0.1, 0.15) is 18.1 Å². The van der Waals surface area contributed by atoms with E-state index in [1.54, 1.807) is 43.1 Å². The highest BCUT2D eigenvalue weighted by atomic mass is 16.5. The summed E-state index contributed by atoms with van der Waals surface area (Å²) in [6, 6.07) is 18.7. The number of rotatable bonds is 5. The average molecular weight is 294 g/mol. The average Bonchev–Trinajstić information content (AvgIpc) is 2.55. The summed E-state index contributed by atoms with van der Waals surface area (Å²) < 4.78 is 5.64. The smallest absolute Gasteiger partial charge is 0.263 e. The molecule has 2 rings (SSSR count). The summed E-state index contributed by atoms with van der Waals surface area (Å²) in [5.41, 5.74) is 1.48. The van der Waals surface area contributed by atoms with E-state index in [0.29, 0.717) is 17.9 Å². The Hall–Kier alpha value is -2.80. The van der Waals surface area contributed by atoms with Crippen molar-refractivity contribution in [1.29, 1.82) is 5.26 Å². The maximum Gasteiger partial charge on any atom is 0.263 e. The molecule has 0 aliphatic heterocycles. The van der Waals surface area contributed by atoms with Gasteiger partial charge in [-0.3, -0.25) is 4.79 Å². The Morgan fingerprint density at radius 2 is 1.82 bits per heavy atom. The second-order valence-corrected chi connectivity index (χ2v) is 5.05. The number of carbonyl (C=O) groups is 1. The molecule has 0 aromatic heterocycles. The van der Waals surface area contributed by atoms with E-state index in [-0.39, 0.29) is 5.91 Å². The van der Waals surface area contributed by atoms with Gasteiger partial charge in [0.25, 0.3) is 5.91 Å². The van der Waals surface area contributed by atoms with Crippen LogP contribution in [0.5, 0.6) is 5.75 Å². The first kappa shape index (κ1) is 15.6. The Morgan fingerprint density at radius 3 is 2.50 bits per heavy atom. The Kier molecular flexibility index (Phi) is 5.16. The molecule has 4 nitrogen and oxygen atoms in total. The van der Waals surface area contributed by atoms with Crippen molar-refractivity contribution < 1.29 is 9.53 Å². The van der Waals surface area contributed by atoms with Crippen molar-refractivity contribution in [2.24, 2.45) is 0 Å². The summed E-state index contributed by atoms with van der Waals surface area (Å²) in [6.07, 6.45) is -0.650. The molecule has 0 heterocycles. The molecule has 0 aliphatic carbocycles. The van der Waals surface area contributed by atoms with Crippen molar-refractivity contribution in [1.82, 2.24) is 4.90 Å². The zero-order valence-electron chi connectivity index (χ0n) is 12.7. The van der Waals surface area contributed by atoms with Crippen molar-refractivity contribution in [3.05, 3.63) is 65.7 Å². The second-order valence-electron chi connectivity index (χ2n) is 5.05. The number of amides is 1. The monoisotopic (exact) mass is 294 g/mol. The van der Waals surface area contributed by atoms with E-state index in [4.69, 9.17) is 10.00 Å². The summed E-state index contributed by atoms with van der Waals surface area (Å²) in [7, 11) is 1.74. The van der Waals surface area contributed by atoms with Crippen LogP contribution in [-0.4, -0.2) is 24.0 Å². The lowest BCUT2D eigenvalue weighted by Gasteiger charge is -2.22. The third kappa shape index (κ3) is 3.86. The molecule has 0 saturated carbocycles. The van der Waals surface area contributed by atoms with E-state index in [1.165, 1.54) is 0 Å². The van der Waals surface area contributed by atoms with Gasteiger partial charge < -0.3 is 9.64 Å². The van der Waals surface area contributed by atoms with Gasteiger partial charge in [0.15, 0.2) is 6.10 Å². The fourth-order valence-electron chi connectivity index (χ4n) is 2.15. The van der Waals surface area contributed by atoms with E-state index in [0.717, 1.165) is 5.56 Å². The standard InChI is InChI=1S/C18H18N2O2/c1-14(22-17-11-7-6-10-16(17)12-19)18(21)20(2)13-15-8-4-3-5-9-15/h3-11,14H,13H2,1-2H3/t14-/m0/s1.